The molecule has 0 aromatic carbocycles. The van der Waals surface area contributed by atoms with Crippen molar-refractivity contribution >= 4 is 16.3 Å². The van der Waals surface area contributed by atoms with Gasteiger partial charge in [-0.1, -0.05) is 0 Å². The van der Waals surface area contributed by atoms with Crippen LogP contribution in [0.3, 0.4) is 0 Å². The number of nitrogens with zero attached hydrogens (tertiary/aromatic N) is 3. The first-order chi connectivity index (χ1) is 8.35. The van der Waals surface area contributed by atoms with E-state index in [9.17, 15) is 0 Å². The number of hydrogen-bond donors (Lipinski definition) is 1. The molecular formula is C12H14N4S. The first kappa shape index (κ1) is 10.6. The molecule has 0 aliphatic rings. The molecule has 0 radical (unpaired) electrons. The van der Waals surface area contributed by atoms with Crippen LogP contribution in [0.1, 0.15) is 11.3 Å². The number of thiazole rings is 1. The molecule has 0 saturated heterocycles. The maximum atomic E-state index is 5.54. The fraction of sp³-hybridized carbons (Fsp3) is 0.250. The van der Waals surface area contributed by atoms with Crippen LogP contribution in [0.2, 0.25) is 0 Å². The van der Waals surface area contributed by atoms with E-state index in [0.29, 0.717) is 6.54 Å². The molecule has 0 atom stereocenters. The Morgan fingerprint density at radius 3 is 3.06 bits per heavy atom. The normalized spacial score (nSPS) is 11.4. The monoisotopic (exact) mass is 246 g/mol. The highest BCUT2D eigenvalue weighted by molar-refractivity contribution is 7.15. The van der Waals surface area contributed by atoms with Crippen molar-refractivity contribution in [3.05, 3.63) is 47.5 Å². The molecule has 4 nitrogen and oxygen atoms in total. The average molecular weight is 246 g/mol. The summed E-state index contributed by atoms with van der Waals surface area (Å²) >= 11 is 1.66. The van der Waals surface area contributed by atoms with Crippen LogP contribution in [0.25, 0.3) is 4.96 Å². The number of imidazole rings is 1. The van der Waals surface area contributed by atoms with Gasteiger partial charge in [0, 0.05) is 30.2 Å². The lowest BCUT2D eigenvalue weighted by Crippen LogP contribution is -2.02. The van der Waals surface area contributed by atoms with E-state index in [0.717, 1.165) is 23.6 Å². The fourth-order valence-electron chi connectivity index (χ4n) is 1.94. The number of hydrogen-bond acceptors (Lipinski definition) is 3. The Hall–Kier alpha value is -1.59. The predicted octanol–water partition coefficient (Wildman–Crippen LogP) is 1.75. The third-order valence-electron chi connectivity index (χ3n) is 2.73. The number of fused-ring (bicyclic) bond motifs is 1. The van der Waals surface area contributed by atoms with Crippen LogP contribution in [-0.4, -0.2) is 20.5 Å². The van der Waals surface area contributed by atoms with E-state index in [4.69, 9.17) is 5.73 Å². The van der Waals surface area contributed by atoms with Crippen molar-refractivity contribution in [2.75, 3.05) is 6.54 Å². The van der Waals surface area contributed by atoms with E-state index in [1.165, 1.54) is 5.56 Å². The van der Waals surface area contributed by atoms with Crippen molar-refractivity contribution in [1.82, 2.24) is 14.0 Å². The second kappa shape index (κ2) is 4.35. The zero-order valence-corrected chi connectivity index (χ0v) is 10.2. The maximum Gasteiger partial charge on any atom is 0.193 e. The molecule has 17 heavy (non-hydrogen) atoms. The molecule has 3 aromatic rings. The van der Waals surface area contributed by atoms with E-state index in [-0.39, 0.29) is 0 Å². The molecular weight excluding hydrogens is 232 g/mol. The second-order valence-electron chi connectivity index (χ2n) is 4.06. The molecule has 0 aliphatic heterocycles. The zero-order valence-electron chi connectivity index (χ0n) is 9.41. The predicted molar refractivity (Wildman–Crippen MR) is 69.4 cm³/mol. The van der Waals surface area contributed by atoms with Crippen LogP contribution in [0.5, 0.6) is 0 Å². The van der Waals surface area contributed by atoms with Gasteiger partial charge < -0.3 is 10.3 Å². The van der Waals surface area contributed by atoms with E-state index in [1.54, 1.807) is 11.3 Å². The summed E-state index contributed by atoms with van der Waals surface area (Å²) in [7, 11) is 0. The SMILES string of the molecule is NCCc1ccn(Cc2cn3ccsc3n2)c1. The van der Waals surface area contributed by atoms with Crippen molar-refractivity contribution in [1.29, 1.82) is 0 Å². The molecule has 0 spiro atoms. The van der Waals surface area contributed by atoms with Gasteiger partial charge in [0.1, 0.15) is 0 Å². The van der Waals surface area contributed by atoms with Crippen LogP contribution in [0, 0.1) is 0 Å². The largest absolute Gasteiger partial charge is 0.348 e. The van der Waals surface area contributed by atoms with Gasteiger partial charge in [-0.05, 0) is 24.6 Å². The summed E-state index contributed by atoms with van der Waals surface area (Å²) in [5.74, 6) is 0. The lowest BCUT2D eigenvalue weighted by Gasteiger charge is -1.98. The van der Waals surface area contributed by atoms with Crippen LogP contribution in [-0.2, 0) is 13.0 Å². The minimum atomic E-state index is 0.699. The van der Waals surface area contributed by atoms with E-state index >= 15 is 0 Å². The van der Waals surface area contributed by atoms with Crippen molar-refractivity contribution in [3.63, 3.8) is 0 Å². The summed E-state index contributed by atoms with van der Waals surface area (Å²) in [6, 6.07) is 2.12. The highest BCUT2D eigenvalue weighted by Gasteiger charge is 2.03. The summed E-state index contributed by atoms with van der Waals surface area (Å²) in [6.45, 7) is 1.52. The van der Waals surface area contributed by atoms with Gasteiger partial charge >= 0.3 is 0 Å². The summed E-state index contributed by atoms with van der Waals surface area (Å²) in [6.07, 6.45) is 9.27. The quantitative estimate of drug-likeness (QED) is 0.762. The lowest BCUT2D eigenvalue weighted by molar-refractivity contribution is 0.782. The van der Waals surface area contributed by atoms with Gasteiger partial charge in [-0.2, -0.15) is 0 Å². The average Bonchev–Trinajstić information content (AvgIpc) is 2.95. The molecule has 0 unspecified atom stereocenters. The van der Waals surface area contributed by atoms with Gasteiger partial charge in [-0.3, -0.25) is 4.40 Å². The van der Waals surface area contributed by atoms with Crippen molar-refractivity contribution in [3.8, 4) is 0 Å². The maximum absolute atomic E-state index is 5.54. The summed E-state index contributed by atoms with van der Waals surface area (Å²) < 4.78 is 4.21. The van der Waals surface area contributed by atoms with Gasteiger partial charge in [0.2, 0.25) is 0 Å². The van der Waals surface area contributed by atoms with Crippen LogP contribution in [0.4, 0.5) is 0 Å². The van der Waals surface area contributed by atoms with Crippen LogP contribution < -0.4 is 5.73 Å². The van der Waals surface area contributed by atoms with E-state index in [1.807, 2.05) is 11.6 Å². The molecule has 5 heteroatoms. The molecule has 2 N–H and O–H groups in total. The summed E-state index contributed by atoms with van der Waals surface area (Å²) in [4.78, 5) is 5.61. The van der Waals surface area contributed by atoms with Crippen molar-refractivity contribution < 1.29 is 0 Å². The molecule has 3 rings (SSSR count). The highest BCUT2D eigenvalue weighted by atomic mass is 32.1. The summed E-state index contributed by atoms with van der Waals surface area (Å²) in [5.41, 5.74) is 7.91. The second-order valence-corrected chi connectivity index (χ2v) is 4.93. The smallest absolute Gasteiger partial charge is 0.193 e. The molecule has 3 heterocycles. The van der Waals surface area contributed by atoms with Gasteiger partial charge in [-0.15, -0.1) is 11.3 Å². The molecule has 3 aromatic heterocycles. The molecule has 0 bridgehead atoms. The van der Waals surface area contributed by atoms with Crippen LogP contribution >= 0.6 is 11.3 Å². The Bertz CT molecular complexity index is 591. The van der Waals surface area contributed by atoms with Gasteiger partial charge in [-0.25, -0.2) is 4.98 Å². The zero-order chi connectivity index (χ0) is 11.7. The number of aromatic nitrogens is 3. The molecule has 0 fully saturated rings. The van der Waals surface area contributed by atoms with E-state index < -0.39 is 0 Å². The minimum Gasteiger partial charge on any atom is -0.348 e. The molecule has 88 valence electrons. The van der Waals surface area contributed by atoms with Gasteiger partial charge in [0.15, 0.2) is 4.96 Å². The topological polar surface area (TPSA) is 48.2 Å². The third-order valence-corrected chi connectivity index (χ3v) is 3.50. The first-order valence-corrected chi connectivity index (χ1v) is 6.49. The first-order valence-electron chi connectivity index (χ1n) is 5.61. The number of rotatable bonds is 4. The summed E-state index contributed by atoms with van der Waals surface area (Å²) in [5, 5.41) is 2.04. The highest BCUT2D eigenvalue weighted by Crippen LogP contribution is 2.12. The number of nitrogens with two attached hydrogens (primary N) is 1. The lowest BCUT2D eigenvalue weighted by atomic mass is 10.2. The van der Waals surface area contributed by atoms with Gasteiger partial charge in [0.05, 0.1) is 12.2 Å². The Morgan fingerprint density at radius 1 is 1.29 bits per heavy atom. The van der Waals surface area contributed by atoms with E-state index in [2.05, 4.69) is 38.6 Å². The van der Waals surface area contributed by atoms with Crippen LogP contribution in [0.15, 0.2) is 36.2 Å². The van der Waals surface area contributed by atoms with Crippen molar-refractivity contribution in [2.24, 2.45) is 5.73 Å². The standard InChI is InChI=1S/C12H14N4S/c13-3-1-10-2-4-15(7-10)8-11-9-16-5-6-17-12(16)14-11/h2,4-7,9H,1,3,8,13H2. The van der Waals surface area contributed by atoms with Gasteiger partial charge in [0.25, 0.3) is 0 Å². The Labute approximate surface area is 103 Å². The Kier molecular flexibility index (Phi) is 2.70. The Balaban J connectivity index is 1.79. The third kappa shape index (κ3) is 2.11. The fourth-order valence-corrected chi connectivity index (χ4v) is 2.66. The minimum absolute atomic E-state index is 0.699. The van der Waals surface area contributed by atoms with Crippen molar-refractivity contribution in [2.45, 2.75) is 13.0 Å². The molecule has 0 amide bonds. The molecule has 0 saturated carbocycles. The molecule has 0 aliphatic carbocycles. The Morgan fingerprint density at radius 2 is 2.24 bits per heavy atom.